The van der Waals surface area contributed by atoms with Crippen LogP contribution in [0.2, 0.25) is 0 Å². The Labute approximate surface area is 158 Å². The van der Waals surface area contributed by atoms with Gasteiger partial charge in [0.2, 0.25) is 0 Å². The van der Waals surface area contributed by atoms with E-state index >= 15 is 0 Å². The lowest BCUT2D eigenvalue weighted by molar-refractivity contribution is -0.137. The van der Waals surface area contributed by atoms with Crippen molar-refractivity contribution in [3.63, 3.8) is 0 Å². The van der Waals surface area contributed by atoms with Crippen LogP contribution in [0.5, 0.6) is 0 Å². The molecule has 0 fully saturated rings. The summed E-state index contributed by atoms with van der Waals surface area (Å²) < 4.78 is 40.0. The Kier molecular flexibility index (Phi) is 4.43. The highest BCUT2D eigenvalue weighted by molar-refractivity contribution is 6.01. The van der Waals surface area contributed by atoms with Crippen molar-refractivity contribution >= 4 is 16.8 Å². The Hall–Kier alpha value is -3.48. The van der Waals surface area contributed by atoms with E-state index in [0.717, 1.165) is 12.1 Å². The summed E-state index contributed by atoms with van der Waals surface area (Å²) in [4.78, 5) is 13.3. The summed E-state index contributed by atoms with van der Waals surface area (Å²) in [5.41, 5.74) is 1.33. The van der Waals surface area contributed by atoms with Gasteiger partial charge < -0.3 is 0 Å². The minimum absolute atomic E-state index is 0.168. The maximum atomic E-state index is 13.3. The number of hydrogen-bond donors (Lipinski definition) is 0. The van der Waals surface area contributed by atoms with Gasteiger partial charge in [-0.15, -0.1) is 5.10 Å². The summed E-state index contributed by atoms with van der Waals surface area (Å²) in [7, 11) is 0. The number of fused-ring (bicyclic) bond motifs is 1. The molecule has 0 aliphatic carbocycles. The van der Waals surface area contributed by atoms with Gasteiger partial charge in [0, 0.05) is 5.56 Å². The van der Waals surface area contributed by atoms with Crippen molar-refractivity contribution in [2.45, 2.75) is 12.2 Å². The molecular weight excluding hydrogens is 367 g/mol. The van der Waals surface area contributed by atoms with Gasteiger partial charge in [0.15, 0.2) is 5.78 Å². The fourth-order valence-electron chi connectivity index (χ4n) is 3.10. The first-order valence-corrected chi connectivity index (χ1v) is 8.51. The number of para-hydroxylation sites is 1. The van der Waals surface area contributed by atoms with Crippen molar-refractivity contribution in [2.75, 3.05) is 0 Å². The molecule has 4 nitrogen and oxygen atoms in total. The largest absolute Gasteiger partial charge is 0.416 e. The van der Waals surface area contributed by atoms with Gasteiger partial charge in [-0.1, -0.05) is 59.8 Å². The predicted octanol–water partition coefficient (Wildman–Crippen LogP) is 4.92. The Bertz CT molecular complexity index is 1120. The third-order valence-corrected chi connectivity index (χ3v) is 4.48. The molecule has 0 spiro atoms. The highest BCUT2D eigenvalue weighted by Crippen LogP contribution is 2.31. The first-order valence-electron chi connectivity index (χ1n) is 8.51. The smallest absolute Gasteiger partial charge is 0.291 e. The van der Waals surface area contributed by atoms with E-state index in [9.17, 15) is 18.0 Å². The van der Waals surface area contributed by atoms with Crippen LogP contribution in [0.25, 0.3) is 11.0 Å². The summed E-state index contributed by atoms with van der Waals surface area (Å²) in [6.45, 7) is 0. The number of Topliss-reactive ketones (excluding diaryl/α,β-unsaturated/α-hetero) is 1. The van der Waals surface area contributed by atoms with Crippen molar-refractivity contribution < 1.29 is 18.0 Å². The number of carbonyl (C=O) groups is 1. The van der Waals surface area contributed by atoms with E-state index in [1.807, 2.05) is 18.2 Å². The fraction of sp³-hybridized carbons (Fsp3) is 0.0952. The van der Waals surface area contributed by atoms with Gasteiger partial charge in [0.1, 0.15) is 11.6 Å². The summed E-state index contributed by atoms with van der Waals surface area (Å²) in [5, 5.41) is 8.24. The number of nitrogens with zero attached hydrogens (tertiary/aromatic N) is 3. The first kappa shape index (κ1) is 17.9. The second kappa shape index (κ2) is 6.92. The van der Waals surface area contributed by atoms with Crippen LogP contribution in [-0.2, 0) is 6.18 Å². The van der Waals surface area contributed by atoms with E-state index in [1.165, 1.54) is 16.8 Å². The van der Waals surface area contributed by atoms with E-state index in [-0.39, 0.29) is 11.3 Å². The van der Waals surface area contributed by atoms with E-state index in [1.54, 1.807) is 36.4 Å². The fourth-order valence-corrected chi connectivity index (χ4v) is 3.10. The number of rotatable bonds is 4. The van der Waals surface area contributed by atoms with E-state index < -0.39 is 17.8 Å². The molecule has 0 N–H and O–H groups in total. The number of benzene rings is 3. The SMILES string of the molecule is O=C(c1ccc(C(F)(F)F)cc1)C(c1ccccc1)n1nnc2ccccc21. The van der Waals surface area contributed by atoms with Crippen LogP contribution in [0.1, 0.15) is 27.5 Å². The average molecular weight is 381 g/mol. The number of halogens is 3. The summed E-state index contributed by atoms with van der Waals surface area (Å²) >= 11 is 0. The molecule has 0 aliphatic heterocycles. The van der Waals surface area contributed by atoms with Gasteiger partial charge in [-0.25, -0.2) is 4.68 Å². The third-order valence-electron chi connectivity index (χ3n) is 4.48. The number of alkyl halides is 3. The lowest BCUT2D eigenvalue weighted by Gasteiger charge is -2.18. The number of hydrogen-bond acceptors (Lipinski definition) is 3. The van der Waals surface area contributed by atoms with Gasteiger partial charge in [0.05, 0.1) is 11.1 Å². The topological polar surface area (TPSA) is 47.8 Å². The van der Waals surface area contributed by atoms with Crippen molar-refractivity contribution in [1.82, 2.24) is 15.0 Å². The zero-order valence-electron chi connectivity index (χ0n) is 14.5. The molecule has 0 bridgehead atoms. The molecule has 4 rings (SSSR count). The predicted molar refractivity (Wildman–Crippen MR) is 97.9 cm³/mol. The van der Waals surface area contributed by atoms with Gasteiger partial charge in [-0.2, -0.15) is 13.2 Å². The number of carbonyl (C=O) groups excluding carboxylic acids is 1. The minimum atomic E-state index is -4.46. The van der Waals surface area contributed by atoms with Crippen molar-refractivity contribution in [2.24, 2.45) is 0 Å². The quantitative estimate of drug-likeness (QED) is 0.471. The average Bonchev–Trinajstić information content (AvgIpc) is 3.12. The molecule has 0 amide bonds. The number of aromatic nitrogens is 3. The van der Waals surface area contributed by atoms with Crippen molar-refractivity contribution in [1.29, 1.82) is 0 Å². The molecule has 1 heterocycles. The molecule has 0 aliphatic rings. The van der Waals surface area contributed by atoms with Crippen molar-refractivity contribution in [3.05, 3.63) is 95.6 Å². The zero-order valence-corrected chi connectivity index (χ0v) is 14.5. The molecular formula is C21H14F3N3O. The standard InChI is InChI=1S/C21H14F3N3O/c22-21(23,24)16-12-10-15(11-13-16)20(28)19(14-6-2-1-3-7-14)27-18-9-5-4-8-17(18)25-26-27/h1-13,19H. The normalized spacial score (nSPS) is 12.8. The molecule has 0 radical (unpaired) electrons. The molecule has 140 valence electrons. The first-order chi connectivity index (χ1) is 13.4. The molecule has 1 aromatic heterocycles. The summed E-state index contributed by atoms with van der Waals surface area (Å²) in [6, 6.07) is 19.5. The number of ketones is 1. The van der Waals surface area contributed by atoms with Gasteiger partial charge in [0.25, 0.3) is 0 Å². The second-order valence-corrected chi connectivity index (χ2v) is 6.28. The Morgan fingerprint density at radius 3 is 2.18 bits per heavy atom. The minimum Gasteiger partial charge on any atom is -0.291 e. The summed E-state index contributed by atoms with van der Waals surface area (Å²) in [6.07, 6.45) is -4.46. The maximum absolute atomic E-state index is 13.3. The van der Waals surface area contributed by atoms with E-state index in [4.69, 9.17) is 0 Å². The molecule has 7 heteroatoms. The molecule has 1 unspecified atom stereocenters. The van der Waals surface area contributed by atoms with Crippen LogP contribution in [0.3, 0.4) is 0 Å². The molecule has 4 aromatic rings. The van der Waals surface area contributed by atoms with E-state index in [0.29, 0.717) is 16.6 Å². The van der Waals surface area contributed by atoms with E-state index in [2.05, 4.69) is 10.3 Å². The lowest BCUT2D eigenvalue weighted by atomic mass is 9.96. The van der Waals surface area contributed by atoms with Crippen LogP contribution in [0, 0.1) is 0 Å². The highest BCUT2D eigenvalue weighted by atomic mass is 19.4. The molecule has 1 atom stereocenters. The van der Waals surface area contributed by atoms with Gasteiger partial charge in [-0.05, 0) is 29.8 Å². The Morgan fingerprint density at radius 1 is 0.857 bits per heavy atom. The maximum Gasteiger partial charge on any atom is 0.416 e. The molecule has 0 saturated heterocycles. The summed E-state index contributed by atoms with van der Waals surface area (Å²) in [5.74, 6) is -0.365. The van der Waals surface area contributed by atoms with Crippen LogP contribution < -0.4 is 0 Å². The third kappa shape index (κ3) is 3.26. The van der Waals surface area contributed by atoms with Crippen LogP contribution in [0.15, 0.2) is 78.9 Å². The molecule has 0 saturated carbocycles. The highest BCUT2D eigenvalue weighted by Gasteiger charge is 2.31. The molecule has 3 aromatic carbocycles. The lowest BCUT2D eigenvalue weighted by Crippen LogP contribution is -2.22. The van der Waals surface area contributed by atoms with Crippen LogP contribution in [-0.4, -0.2) is 20.8 Å². The van der Waals surface area contributed by atoms with Gasteiger partial charge in [-0.3, -0.25) is 4.79 Å². The Balaban J connectivity index is 1.81. The second-order valence-electron chi connectivity index (χ2n) is 6.28. The van der Waals surface area contributed by atoms with Crippen molar-refractivity contribution in [3.8, 4) is 0 Å². The van der Waals surface area contributed by atoms with Crippen LogP contribution >= 0.6 is 0 Å². The molecule has 28 heavy (non-hydrogen) atoms. The van der Waals surface area contributed by atoms with Crippen LogP contribution in [0.4, 0.5) is 13.2 Å². The monoisotopic (exact) mass is 381 g/mol. The van der Waals surface area contributed by atoms with Gasteiger partial charge >= 0.3 is 6.18 Å². The zero-order chi connectivity index (χ0) is 19.7. The Morgan fingerprint density at radius 2 is 1.50 bits per heavy atom.